The van der Waals surface area contributed by atoms with Crippen molar-refractivity contribution in [1.29, 1.82) is 0 Å². The molecule has 0 radical (unpaired) electrons. The molecule has 0 saturated carbocycles. The number of amides is 1. The molecule has 8 N–H and O–H groups in total. The summed E-state index contributed by atoms with van der Waals surface area (Å²) in [4.78, 5) is 14.9. The number of nitrogen functional groups attached to an aromatic ring is 1. The highest BCUT2D eigenvalue weighted by atomic mass is 32.1. The molecule has 8 heteroatoms. The number of carbonyl (C=O) groups excluding carboxylic acids is 1. The molecule has 0 unspecified atom stereocenters. The van der Waals surface area contributed by atoms with Crippen LogP contribution in [0.4, 0.5) is 10.1 Å². The zero-order chi connectivity index (χ0) is 20.7. The first-order valence-electron chi connectivity index (χ1n) is 8.99. The predicted octanol–water partition coefficient (Wildman–Crippen LogP) is 2.92. The van der Waals surface area contributed by atoms with Crippen LogP contribution in [-0.2, 0) is 4.79 Å². The number of halogens is 1. The smallest absolute Gasteiger partial charge is 0.234 e. The van der Waals surface area contributed by atoms with Crippen molar-refractivity contribution < 1.29 is 9.18 Å². The molecule has 0 aliphatic carbocycles. The van der Waals surface area contributed by atoms with Crippen LogP contribution in [0.1, 0.15) is 24.8 Å². The lowest BCUT2D eigenvalue weighted by molar-refractivity contribution is -0.119. The van der Waals surface area contributed by atoms with Crippen LogP contribution in [0.25, 0.3) is 20.8 Å². The average Bonchev–Trinajstić information content (AvgIpc) is 3.07. The summed E-state index contributed by atoms with van der Waals surface area (Å²) >= 11 is 1.49. The number of nitrogens with two attached hydrogens (primary N) is 4. The van der Waals surface area contributed by atoms with Crippen LogP contribution in [-0.4, -0.2) is 23.5 Å². The van der Waals surface area contributed by atoms with Gasteiger partial charge in [0.25, 0.3) is 0 Å². The van der Waals surface area contributed by atoms with E-state index in [1.165, 1.54) is 23.5 Å². The molecule has 3 aromatic rings. The number of benzene rings is 2. The first-order valence-corrected chi connectivity index (χ1v) is 9.81. The fourth-order valence-electron chi connectivity index (χ4n) is 2.48. The quantitative estimate of drug-likeness (QED) is 0.371. The number of unbranched alkanes of at least 4 members (excludes halogenated alkanes) is 1. The third kappa shape index (κ3) is 5.98. The van der Waals surface area contributed by atoms with Crippen molar-refractivity contribution in [2.75, 3.05) is 12.3 Å². The van der Waals surface area contributed by atoms with Crippen LogP contribution in [0, 0.1) is 12.7 Å². The van der Waals surface area contributed by atoms with Gasteiger partial charge < -0.3 is 22.9 Å². The lowest BCUT2D eigenvalue weighted by Gasteiger charge is -2.04. The van der Waals surface area contributed by atoms with Crippen molar-refractivity contribution in [3.8, 4) is 10.6 Å². The summed E-state index contributed by atoms with van der Waals surface area (Å²) in [5, 5.41) is 0.888. The molecule has 6 nitrogen and oxygen atoms in total. The molecular formula is C20H26FN5OS. The third-order valence-electron chi connectivity index (χ3n) is 4.20. The van der Waals surface area contributed by atoms with Crippen LogP contribution >= 0.6 is 11.3 Å². The number of nitrogens with zero attached hydrogens (tertiary/aromatic N) is 1. The Hall–Kier alpha value is -2.55. The lowest BCUT2D eigenvalue weighted by atomic mass is 10.1. The van der Waals surface area contributed by atoms with E-state index in [1.54, 1.807) is 6.07 Å². The summed E-state index contributed by atoms with van der Waals surface area (Å²) in [6.45, 7) is 2.61. The van der Waals surface area contributed by atoms with E-state index in [2.05, 4.69) is 4.98 Å². The first-order chi connectivity index (χ1) is 13.3. The highest BCUT2D eigenvalue weighted by Crippen LogP contribution is 2.31. The maximum absolute atomic E-state index is 13.1. The monoisotopic (exact) mass is 403 g/mol. The number of aromatic nitrogens is 1. The Labute approximate surface area is 167 Å². The molecule has 1 aromatic heterocycles. The number of aryl methyl sites for hydroxylation is 1. The van der Waals surface area contributed by atoms with E-state index < -0.39 is 11.9 Å². The van der Waals surface area contributed by atoms with Gasteiger partial charge >= 0.3 is 0 Å². The minimum absolute atomic E-state index is 0.230. The Balaban J connectivity index is 0.000000242. The van der Waals surface area contributed by atoms with Gasteiger partial charge in [-0.05, 0) is 68.3 Å². The van der Waals surface area contributed by atoms with Gasteiger partial charge in [0, 0.05) is 11.3 Å². The minimum Gasteiger partial charge on any atom is -0.399 e. The molecule has 0 bridgehead atoms. The Morgan fingerprint density at radius 1 is 1.21 bits per heavy atom. The van der Waals surface area contributed by atoms with Crippen LogP contribution in [0.5, 0.6) is 0 Å². The van der Waals surface area contributed by atoms with Gasteiger partial charge in [0.15, 0.2) is 0 Å². The molecule has 1 atom stereocenters. The second kappa shape index (κ2) is 10.1. The molecule has 1 amide bonds. The number of hydrogen-bond acceptors (Lipinski definition) is 6. The zero-order valence-corrected chi connectivity index (χ0v) is 16.6. The van der Waals surface area contributed by atoms with E-state index in [0.29, 0.717) is 13.0 Å². The summed E-state index contributed by atoms with van der Waals surface area (Å²) in [7, 11) is 0. The molecule has 150 valence electrons. The predicted molar refractivity (Wildman–Crippen MR) is 114 cm³/mol. The second-order valence-electron chi connectivity index (χ2n) is 6.50. The molecule has 0 saturated heterocycles. The number of carbonyl (C=O) groups is 1. The largest absolute Gasteiger partial charge is 0.399 e. The number of anilines is 1. The Morgan fingerprint density at radius 2 is 1.96 bits per heavy atom. The summed E-state index contributed by atoms with van der Waals surface area (Å²) in [5.41, 5.74) is 24.9. The number of thiazole rings is 1. The number of hydrogen-bond donors (Lipinski definition) is 4. The standard InChI is InChI=1S/C14H11FN2S.C6H15N3O/c1-8-6-9(2-4-11(8)16)14-17-12-5-3-10(15)7-13(12)18-14;7-4-2-1-3-5(8)6(9)10/h2-7H,16H2,1H3;5H,1-4,7-8H2,(H2,9,10)/t;5-/m.0/s1. The van der Waals surface area contributed by atoms with Crippen molar-refractivity contribution in [1.82, 2.24) is 4.98 Å². The van der Waals surface area contributed by atoms with E-state index in [4.69, 9.17) is 22.9 Å². The third-order valence-corrected chi connectivity index (χ3v) is 5.27. The van der Waals surface area contributed by atoms with Gasteiger partial charge in [-0.1, -0.05) is 6.42 Å². The van der Waals surface area contributed by atoms with Crippen molar-refractivity contribution in [3.05, 3.63) is 47.8 Å². The van der Waals surface area contributed by atoms with Crippen molar-refractivity contribution >= 4 is 33.1 Å². The van der Waals surface area contributed by atoms with Gasteiger partial charge in [-0.3, -0.25) is 4.79 Å². The van der Waals surface area contributed by atoms with Crippen LogP contribution in [0.3, 0.4) is 0 Å². The Morgan fingerprint density at radius 3 is 2.61 bits per heavy atom. The van der Waals surface area contributed by atoms with Crippen LogP contribution in [0.2, 0.25) is 0 Å². The normalized spacial score (nSPS) is 11.7. The van der Waals surface area contributed by atoms with Crippen molar-refractivity contribution in [2.45, 2.75) is 32.2 Å². The highest BCUT2D eigenvalue weighted by molar-refractivity contribution is 7.21. The maximum atomic E-state index is 13.1. The Bertz CT molecular complexity index is 943. The molecule has 0 spiro atoms. The number of fused-ring (bicyclic) bond motifs is 1. The number of primary amides is 1. The fraction of sp³-hybridized carbons (Fsp3) is 0.300. The molecule has 0 fully saturated rings. The van der Waals surface area contributed by atoms with Gasteiger partial charge in [-0.25, -0.2) is 9.37 Å². The van der Waals surface area contributed by atoms with Crippen molar-refractivity contribution in [2.24, 2.45) is 17.2 Å². The van der Waals surface area contributed by atoms with E-state index in [-0.39, 0.29) is 5.82 Å². The Kier molecular flexibility index (Phi) is 7.86. The summed E-state index contributed by atoms with van der Waals surface area (Å²) in [6.07, 6.45) is 2.42. The van der Waals surface area contributed by atoms with Gasteiger partial charge in [0.1, 0.15) is 10.8 Å². The van der Waals surface area contributed by atoms with Gasteiger partial charge in [0.2, 0.25) is 5.91 Å². The number of rotatable bonds is 6. The second-order valence-corrected chi connectivity index (χ2v) is 7.53. The van der Waals surface area contributed by atoms with Gasteiger partial charge in [-0.15, -0.1) is 11.3 Å². The average molecular weight is 404 g/mol. The van der Waals surface area contributed by atoms with E-state index in [0.717, 1.165) is 44.9 Å². The topological polar surface area (TPSA) is 134 Å². The maximum Gasteiger partial charge on any atom is 0.234 e. The lowest BCUT2D eigenvalue weighted by Crippen LogP contribution is -2.36. The van der Waals surface area contributed by atoms with Crippen molar-refractivity contribution in [3.63, 3.8) is 0 Å². The molecule has 0 aliphatic heterocycles. The molecule has 2 aromatic carbocycles. The van der Waals surface area contributed by atoms with Gasteiger partial charge in [-0.2, -0.15) is 0 Å². The summed E-state index contributed by atoms with van der Waals surface area (Å²) in [5.74, 6) is -0.664. The van der Waals surface area contributed by atoms with Crippen LogP contribution < -0.4 is 22.9 Å². The first kappa shape index (κ1) is 21.7. The summed E-state index contributed by atoms with van der Waals surface area (Å²) in [6, 6.07) is 9.97. The fourth-order valence-corrected chi connectivity index (χ4v) is 3.47. The molecule has 3 rings (SSSR count). The molecule has 0 aliphatic rings. The SMILES string of the molecule is Cc1cc(-c2nc3ccc(F)cc3s2)ccc1N.NCCCC[C@H](N)C(N)=O. The highest BCUT2D eigenvalue weighted by Gasteiger charge is 2.08. The molecule has 28 heavy (non-hydrogen) atoms. The van der Waals surface area contributed by atoms with E-state index in [1.807, 2.05) is 25.1 Å². The van der Waals surface area contributed by atoms with E-state index in [9.17, 15) is 9.18 Å². The van der Waals surface area contributed by atoms with E-state index >= 15 is 0 Å². The minimum atomic E-state index is -0.494. The summed E-state index contributed by atoms with van der Waals surface area (Å²) < 4.78 is 14.0. The van der Waals surface area contributed by atoms with Crippen LogP contribution in [0.15, 0.2) is 36.4 Å². The zero-order valence-electron chi connectivity index (χ0n) is 15.8. The molecular weight excluding hydrogens is 377 g/mol. The molecule has 1 heterocycles. The van der Waals surface area contributed by atoms with Gasteiger partial charge in [0.05, 0.1) is 16.3 Å².